The van der Waals surface area contributed by atoms with Gasteiger partial charge in [0.05, 0.1) is 22.3 Å². The molecule has 0 bridgehead atoms. The second-order valence-corrected chi connectivity index (χ2v) is 6.57. The van der Waals surface area contributed by atoms with E-state index in [1.807, 2.05) is 6.07 Å². The van der Waals surface area contributed by atoms with Crippen molar-refractivity contribution in [2.45, 2.75) is 30.8 Å². The molecule has 7 heteroatoms. The summed E-state index contributed by atoms with van der Waals surface area (Å²) < 4.78 is 26.4. The number of hydrogen-bond donors (Lipinski definition) is 2. The van der Waals surface area contributed by atoms with E-state index in [2.05, 4.69) is 4.72 Å². The number of nitrogens with one attached hydrogen (secondary N) is 1. The molecule has 104 valence electrons. The van der Waals surface area contributed by atoms with E-state index in [4.69, 9.17) is 16.9 Å². The lowest BCUT2D eigenvalue weighted by Crippen LogP contribution is -2.40. The van der Waals surface area contributed by atoms with Gasteiger partial charge in [0, 0.05) is 6.54 Å². The van der Waals surface area contributed by atoms with Gasteiger partial charge in [-0.25, -0.2) is 13.1 Å². The highest BCUT2D eigenvalue weighted by Crippen LogP contribution is 2.22. The molecule has 0 saturated carbocycles. The number of hydrogen-bond acceptors (Lipinski definition) is 4. The van der Waals surface area contributed by atoms with Crippen molar-refractivity contribution in [1.29, 1.82) is 5.26 Å². The lowest BCUT2D eigenvalue weighted by molar-refractivity contribution is 0.0613. The molecule has 0 saturated heterocycles. The molecule has 5 nitrogen and oxygen atoms in total. The third kappa shape index (κ3) is 4.18. The van der Waals surface area contributed by atoms with E-state index < -0.39 is 15.6 Å². The second kappa shape index (κ2) is 5.88. The van der Waals surface area contributed by atoms with E-state index >= 15 is 0 Å². The summed E-state index contributed by atoms with van der Waals surface area (Å²) in [4.78, 5) is -0.111. The molecule has 1 aromatic carbocycles. The van der Waals surface area contributed by atoms with Crippen molar-refractivity contribution in [2.75, 3.05) is 6.54 Å². The normalized spacial score (nSPS) is 14.7. The maximum atomic E-state index is 12.0. The van der Waals surface area contributed by atoms with E-state index in [0.29, 0.717) is 6.42 Å². The number of nitrogens with zero attached hydrogens (tertiary/aromatic N) is 1. The molecule has 0 aliphatic rings. The Labute approximate surface area is 117 Å². The predicted molar refractivity (Wildman–Crippen MR) is 72.3 cm³/mol. The maximum absolute atomic E-state index is 12.0. The summed E-state index contributed by atoms with van der Waals surface area (Å²) in [6, 6.07) is 5.80. The monoisotopic (exact) mass is 302 g/mol. The summed E-state index contributed by atoms with van der Waals surface area (Å²) >= 11 is 5.84. The van der Waals surface area contributed by atoms with Crippen LogP contribution in [-0.4, -0.2) is 25.7 Å². The maximum Gasteiger partial charge on any atom is 0.242 e. The topological polar surface area (TPSA) is 90.2 Å². The first kappa shape index (κ1) is 15.9. The molecular weight excluding hydrogens is 288 g/mol. The molecule has 0 amide bonds. The second-order valence-electron chi connectivity index (χ2n) is 4.43. The highest BCUT2D eigenvalue weighted by molar-refractivity contribution is 7.89. The Morgan fingerprint density at radius 2 is 2.16 bits per heavy atom. The Hall–Kier alpha value is -1.13. The van der Waals surface area contributed by atoms with Crippen LogP contribution in [0.15, 0.2) is 23.1 Å². The van der Waals surface area contributed by atoms with Gasteiger partial charge in [-0.3, -0.25) is 0 Å². The average Bonchev–Trinajstić information content (AvgIpc) is 2.36. The number of aliphatic hydroxyl groups is 1. The molecule has 1 unspecified atom stereocenters. The van der Waals surface area contributed by atoms with Crippen LogP contribution in [0, 0.1) is 11.3 Å². The number of sulfonamides is 1. The zero-order valence-electron chi connectivity index (χ0n) is 10.6. The van der Waals surface area contributed by atoms with Crippen LogP contribution in [0.25, 0.3) is 0 Å². The lowest BCUT2D eigenvalue weighted by atomic mass is 10.1. The fourth-order valence-electron chi connectivity index (χ4n) is 1.24. The van der Waals surface area contributed by atoms with Crippen LogP contribution in [0.4, 0.5) is 0 Å². The summed E-state index contributed by atoms with van der Waals surface area (Å²) in [7, 11) is -3.81. The quantitative estimate of drug-likeness (QED) is 0.865. The molecule has 0 heterocycles. The molecule has 0 aromatic heterocycles. The fourth-order valence-corrected chi connectivity index (χ4v) is 2.95. The minimum atomic E-state index is -3.81. The van der Waals surface area contributed by atoms with Crippen molar-refractivity contribution < 1.29 is 13.5 Å². The molecule has 19 heavy (non-hydrogen) atoms. The van der Waals surface area contributed by atoms with Crippen LogP contribution in [0.5, 0.6) is 0 Å². The Morgan fingerprint density at radius 1 is 1.53 bits per heavy atom. The Kier molecular flexibility index (Phi) is 4.93. The minimum Gasteiger partial charge on any atom is -0.389 e. The van der Waals surface area contributed by atoms with Crippen molar-refractivity contribution >= 4 is 21.6 Å². The minimum absolute atomic E-state index is 0.0253. The van der Waals surface area contributed by atoms with Crippen LogP contribution in [-0.2, 0) is 10.0 Å². The van der Waals surface area contributed by atoms with Gasteiger partial charge in [0.25, 0.3) is 0 Å². The summed E-state index contributed by atoms with van der Waals surface area (Å²) in [5.41, 5.74) is -0.837. The summed E-state index contributed by atoms with van der Waals surface area (Å²) in [5.74, 6) is 0. The van der Waals surface area contributed by atoms with Crippen LogP contribution >= 0.6 is 11.6 Å². The molecule has 0 aliphatic carbocycles. The third-order valence-corrected chi connectivity index (χ3v) is 4.64. The zero-order chi connectivity index (χ0) is 14.7. The molecule has 1 rings (SSSR count). The lowest BCUT2D eigenvalue weighted by Gasteiger charge is -2.21. The summed E-state index contributed by atoms with van der Waals surface area (Å²) in [5, 5.41) is 18.4. The van der Waals surface area contributed by atoms with Crippen LogP contribution in [0.1, 0.15) is 25.8 Å². The van der Waals surface area contributed by atoms with Gasteiger partial charge in [-0.15, -0.1) is 0 Å². The standard InChI is InChI=1S/C12H15ClN2O3S/c1-3-12(2,16)8-15-19(17,18)11-5-4-9(7-14)6-10(11)13/h4-6,15-16H,3,8H2,1-2H3. The molecule has 1 aromatic rings. The Balaban J connectivity index is 2.99. The number of nitriles is 1. The highest BCUT2D eigenvalue weighted by atomic mass is 35.5. The van der Waals surface area contributed by atoms with E-state index in [0.717, 1.165) is 0 Å². The first-order valence-electron chi connectivity index (χ1n) is 5.63. The van der Waals surface area contributed by atoms with Crippen LogP contribution in [0.3, 0.4) is 0 Å². The van der Waals surface area contributed by atoms with Crippen LogP contribution < -0.4 is 4.72 Å². The Bertz CT molecular complexity index is 606. The summed E-state index contributed by atoms with van der Waals surface area (Å²) in [6.07, 6.45) is 0.413. The molecule has 0 spiro atoms. The predicted octanol–water partition coefficient (Wildman–Crippen LogP) is 1.65. The van der Waals surface area contributed by atoms with Gasteiger partial charge < -0.3 is 5.11 Å². The number of benzene rings is 1. The van der Waals surface area contributed by atoms with Gasteiger partial charge in [0.1, 0.15) is 4.90 Å². The van der Waals surface area contributed by atoms with Gasteiger partial charge >= 0.3 is 0 Å². The van der Waals surface area contributed by atoms with E-state index in [1.54, 1.807) is 6.92 Å². The summed E-state index contributed by atoms with van der Waals surface area (Å²) in [6.45, 7) is 3.18. The first-order chi connectivity index (χ1) is 8.72. The van der Waals surface area contributed by atoms with Crippen molar-refractivity contribution in [3.05, 3.63) is 28.8 Å². The highest BCUT2D eigenvalue weighted by Gasteiger charge is 2.24. The smallest absolute Gasteiger partial charge is 0.242 e. The molecule has 0 fully saturated rings. The van der Waals surface area contributed by atoms with Gasteiger partial charge in [-0.1, -0.05) is 18.5 Å². The van der Waals surface area contributed by atoms with Gasteiger partial charge in [0.2, 0.25) is 10.0 Å². The molecule has 2 N–H and O–H groups in total. The SMILES string of the molecule is CCC(C)(O)CNS(=O)(=O)c1ccc(C#N)cc1Cl. The largest absolute Gasteiger partial charge is 0.389 e. The molecule has 0 radical (unpaired) electrons. The molecular formula is C12H15ClN2O3S. The number of halogens is 1. The first-order valence-corrected chi connectivity index (χ1v) is 7.49. The van der Waals surface area contributed by atoms with E-state index in [9.17, 15) is 13.5 Å². The van der Waals surface area contributed by atoms with Crippen molar-refractivity contribution in [3.63, 3.8) is 0 Å². The number of rotatable bonds is 5. The zero-order valence-corrected chi connectivity index (χ0v) is 12.2. The Morgan fingerprint density at radius 3 is 2.63 bits per heavy atom. The van der Waals surface area contributed by atoms with Gasteiger partial charge in [-0.2, -0.15) is 5.26 Å². The van der Waals surface area contributed by atoms with Crippen molar-refractivity contribution in [2.24, 2.45) is 0 Å². The molecule has 0 aliphatic heterocycles. The van der Waals surface area contributed by atoms with Gasteiger partial charge in [0.15, 0.2) is 0 Å². The van der Waals surface area contributed by atoms with Crippen molar-refractivity contribution in [3.8, 4) is 6.07 Å². The fraction of sp³-hybridized carbons (Fsp3) is 0.417. The van der Waals surface area contributed by atoms with E-state index in [-0.39, 0.29) is 22.0 Å². The van der Waals surface area contributed by atoms with Crippen molar-refractivity contribution in [1.82, 2.24) is 4.72 Å². The third-order valence-electron chi connectivity index (χ3n) is 2.76. The molecule has 1 atom stereocenters. The van der Waals surface area contributed by atoms with Gasteiger partial charge in [-0.05, 0) is 31.5 Å². The van der Waals surface area contributed by atoms with Crippen LogP contribution in [0.2, 0.25) is 5.02 Å². The average molecular weight is 303 g/mol. The van der Waals surface area contributed by atoms with E-state index in [1.165, 1.54) is 25.1 Å².